The summed E-state index contributed by atoms with van der Waals surface area (Å²) in [5, 5.41) is 0. The first kappa shape index (κ1) is 9.59. The van der Waals surface area contributed by atoms with Crippen LogP contribution in [0.15, 0.2) is 0 Å². The lowest BCUT2D eigenvalue weighted by atomic mass is 10.3. The summed E-state index contributed by atoms with van der Waals surface area (Å²) in [6.07, 6.45) is 4.44. The summed E-state index contributed by atoms with van der Waals surface area (Å²) in [4.78, 5) is 0. The molecular weight excluding hydrogens is 176 g/mol. The minimum absolute atomic E-state index is 0.0318. The number of rotatable bonds is 4. The van der Waals surface area contributed by atoms with Crippen molar-refractivity contribution < 1.29 is 9.47 Å². The van der Waals surface area contributed by atoms with Gasteiger partial charge in [-0.1, -0.05) is 11.8 Å². The first-order valence-corrected chi connectivity index (χ1v) is 4.98. The van der Waals surface area contributed by atoms with Crippen molar-refractivity contribution in [2.45, 2.75) is 44.8 Å². The van der Waals surface area contributed by atoms with Gasteiger partial charge in [-0.15, -0.1) is 11.8 Å². The van der Waals surface area contributed by atoms with Crippen LogP contribution in [0.4, 0.5) is 0 Å². The first-order chi connectivity index (χ1) is 6.84. The van der Waals surface area contributed by atoms with Crippen LogP contribution in [0.3, 0.4) is 0 Å². The van der Waals surface area contributed by atoms with Gasteiger partial charge in [0.2, 0.25) is 6.29 Å². The van der Waals surface area contributed by atoms with E-state index in [-0.39, 0.29) is 12.2 Å². The molecule has 0 saturated heterocycles. The van der Waals surface area contributed by atoms with E-state index in [0.717, 1.165) is 25.7 Å². The van der Waals surface area contributed by atoms with Gasteiger partial charge in [-0.25, -0.2) is 0 Å². The van der Waals surface area contributed by atoms with Gasteiger partial charge in [0.05, 0.1) is 0 Å². The van der Waals surface area contributed by atoms with E-state index >= 15 is 0 Å². The predicted molar refractivity (Wildman–Crippen MR) is 52.7 cm³/mol. The Morgan fingerprint density at radius 3 is 1.86 bits per heavy atom. The molecule has 0 heterocycles. The zero-order chi connectivity index (χ0) is 9.80. The molecule has 1 radical (unpaired) electrons. The second-order valence-corrected chi connectivity index (χ2v) is 3.42. The van der Waals surface area contributed by atoms with Crippen molar-refractivity contribution in [3.8, 4) is 23.7 Å². The second-order valence-electron chi connectivity index (χ2n) is 3.42. The van der Waals surface area contributed by atoms with E-state index in [1.165, 1.54) is 0 Å². The largest absolute Gasteiger partial charge is 0.329 e. The fraction of sp³-hybridized carbons (Fsp3) is 0.583. The molecule has 2 heteroatoms. The summed E-state index contributed by atoms with van der Waals surface area (Å²) < 4.78 is 11.1. The molecule has 0 aromatic heterocycles. The van der Waals surface area contributed by atoms with Crippen LogP contribution < -0.4 is 0 Å². The van der Waals surface area contributed by atoms with Crippen molar-refractivity contribution in [2.24, 2.45) is 0 Å². The number of hydrogen-bond donors (Lipinski definition) is 0. The van der Waals surface area contributed by atoms with Crippen molar-refractivity contribution in [3.05, 3.63) is 6.29 Å². The zero-order valence-electron chi connectivity index (χ0n) is 8.30. The Morgan fingerprint density at radius 1 is 1.00 bits per heavy atom. The highest BCUT2D eigenvalue weighted by molar-refractivity contribution is 5.14. The van der Waals surface area contributed by atoms with Crippen molar-refractivity contribution in [3.63, 3.8) is 0 Å². The molecule has 73 valence electrons. The lowest BCUT2D eigenvalue weighted by molar-refractivity contribution is -0.0734. The summed E-state index contributed by atoms with van der Waals surface area (Å²) in [7, 11) is 0. The van der Waals surface area contributed by atoms with Crippen LogP contribution in [-0.2, 0) is 9.47 Å². The molecule has 0 aromatic rings. The molecular formula is C12H13O2. The van der Waals surface area contributed by atoms with Crippen molar-refractivity contribution in [2.75, 3.05) is 0 Å². The van der Waals surface area contributed by atoms with E-state index in [2.05, 4.69) is 23.7 Å². The summed E-state index contributed by atoms with van der Waals surface area (Å²) >= 11 is 0. The maximum absolute atomic E-state index is 5.53. The van der Waals surface area contributed by atoms with Gasteiger partial charge in [0.1, 0.15) is 12.2 Å². The average molecular weight is 189 g/mol. The minimum atomic E-state index is 0.0318. The third-order valence-electron chi connectivity index (χ3n) is 2.21. The molecule has 0 saturated carbocycles. The van der Waals surface area contributed by atoms with Gasteiger partial charge in [-0.05, 0) is 19.8 Å². The van der Waals surface area contributed by atoms with Gasteiger partial charge in [-0.3, -0.25) is 0 Å². The van der Waals surface area contributed by atoms with Crippen molar-refractivity contribution >= 4 is 0 Å². The monoisotopic (exact) mass is 189 g/mol. The average Bonchev–Trinajstić information content (AvgIpc) is 2.76. The molecule has 0 amide bonds. The Morgan fingerprint density at radius 2 is 1.50 bits per heavy atom. The first-order valence-electron chi connectivity index (χ1n) is 4.98. The second kappa shape index (κ2) is 4.51. The van der Waals surface area contributed by atoms with E-state index in [1.54, 1.807) is 0 Å². The van der Waals surface area contributed by atoms with Crippen LogP contribution in [0.2, 0.25) is 0 Å². The Kier molecular flexibility index (Phi) is 3.09. The number of ether oxygens (including phenoxy) is 2. The summed E-state index contributed by atoms with van der Waals surface area (Å²) in [5.41, 5.74) is 0. The lowest BCUT2D eigenvalue weighted by Crippen LogP contribution is -2.18. The Hall–Kier alpha value is -0.960. The van der Waals surface area contributed by atoms with E-state index < -0.39 is 0 Å². The fourth-order valence-corrected chi connectivity index (χ4v) is 1.53. The third-order valence-corrected chi connectivity index (χ3v) is 2.21. The third kappa shape index (κ3) is 2.51. The smallest absolute Gasteiger partial charge is 0.222 e. The Balaban J connectivity index is 1.71. The van der Waals surface area contributed by atoms with Crippen molar-refractivity contribution in [1.82, 2.24) is 0 Å². The molecule has 2 rings (SSSR count). The molecule has 2 nitrogen and oxygen atoms in total. The van der Waals surface area contributed by atoms with Crippen LogP contribution >= 0.6 is 0 Å². The van der Waals surface area contributed by atoms with Gasteiger partial charge in [0.25, 0.3) is 0 Å². The van der Waals surface area contributed by atoms with Gasteiger partial charge >= 0.3 is 0 Å². The zero-order valence-corrected chi connectivity index (χ0v) is 8.30. The molecule has 0 N–H and O–H groups in total. The summed E-state index contributed by atoms with van der Waals surface area (Å²) in [5.74, 6) is 12.0. The van der Waals surface area contributed by atoms with Crippen LogP contribution in [0.25, 0.3) is 0 Å². The van der Waals surface area contributed by atoms with Gasteiger partial charge < -0.3 is 9.47 Å². The summed E-state index contributed by atoms with van der Waals surface area (Å²) in [6.45, 7) is 1.83. The molecule has 0 fully saturated rings. The SMILES string of the molecule is C[C](OC1C#CCC1)OC1C#CCC1. The normalized spacial score (nSPS) is 28.4. The fourth-order valence-electron chi connectivity index (χ4n) is 1.53. The van der Waals surface area contributed by atoms with Gasteiger partial charge in [0.15, 0.2) is 0 Å². The van der Waals surface area contributed by atoms with Crippen LogP contribution in [-0.4, -0.2) is 12.2 Å². The molecule has 2 aliphatic rings. The highest BCUT2D eigenvalue weighted by Crippen LogP contribution is 2.18. The summed E-state index contributed by atoms with van der Waals surface area (Å²) in [6, 6.07) is 0. The molecule has 0 bridgehead atoms. The molecule has 2 atom stereocenters. The van der Waals surface area contributed by atoms with E-state index in [1.807, 2.05) is 6.92 Å². The minimum Gasteiger partial charge on any atom is -0.329 e. The van der Waals surface area contributed by atoms with Crippen molar-refractivity contribution in [1.29, 1.82) is 0 Å². The maximum Gasteiger partial charge on any atom is 0.222 e. The molecule has 0 aliphatic heterocycles. The molecule has 0 aromatic carbocycles. The highest BCUT2D eigenvalue weighted by Gasteiger charge is 2.19. The number of hydrogen-bond acceptors (Lipinski definition) is 2. The Bertz CT molecular complexity index is 281. The van der Waals surface area contributed by atoms with Gasteiger partial charge in [-0.2, -0.15) is 0 Å². The Labute approximate surface area is 85.0 Å². The topological polar surface area (TPSA) is 18.5 Å². The standard InChI is InChI=1S/C12H13O2/c1-10(13-11-6-2-3-7-11)14-12-8-4-5-9-12/h11-12H,2,4,6,8H2,1H3. The van der Waals surface area contributed by atoms with Crippen LogP contribution in [0, 0.1) is 30.0 Å². The predicted octanol–water partition coefficient (Wildman–Crippen LogP) is 1.86. The lowest BCUT2D eigenvalue weighted by Gasteiger charge is -2.17. The quantitative estimate of drug-likeness (QED) is 0.628. The van der Waals surface area contributed by atoms with E-state index in [0.29, 0.717) is 6.29 Å². The van der Waals surface area contributed by atoms with Gasteiger partial charge in [0, 0.05) is 12.8 Å². The highest BCUT2D eigenvalue weighted by atomic mass is 16.7. The van der Waals surface area contributed by atoms with Crippen LogP contribution in [0.1, 0.15) is 32.6 Å². The maximum atomic E-state index is 5.53. The van der Waals surface area contributed by atoms with E-state index in [4.69, 9.17) is 9.47 Å². The molecule has 2 unspecified atom stereocenters. The molecule has 2 aliphatic carbocycles. The van der Waals surface area contributed by atoms with E-state index in [9.17, 15) is 0 Å². The molecule has 0 spiro atoms. The van der Waals surface area contributed by atoms with Crippen LogP contribution in [0.5, 0.6) is 0 Å². The molecule has 14 heavy (non-hydrogen) atoms.